The van der Waals surface area contributed by atoms with Crippen molar-refractivity contribution < 1.29 is 9.90 Å². The van der Waals surface area contributed by atoms with Gasteiger partial charge in [0.2, 0.25) is 5.28 Å². The lowest BCUT2D eigenvalue weighted by Gasteiger charge is -2.17. The van der Waals surface area contributed by atoms with E-state index in [-0.39, 0.29) is 11.7 Å². The second-order valence-corrected chi connectivity index (χ2v) is 6.45. The Kier molecular flexibility index (Phi) is 4.45. The van der Waals surface area contributed by atoms with Crippen molar-refractivity contribution >= 4 is 44.9 Å². The maximum absolute atomic E-state index is 10.8. The summed E-state index contributed by atoms with van der Waals surface area (Å²) in [6.07, 6.45) is 0.0370. The van der Waals surface area contributed by atoms with Gasteiger partial charge in [0, 0.05) is 18.5 Å². The smallest absolute Gasteiger partial charge is 0.305 e. The fraction of sp³-hybridized carbons (Fsp3) is 0.188. The highest BCUT2D eigenvalue weighted by atomic mass is 35.5. The second-order valence-electron chi connectivity index (χ2n) is 5.08. The molecule has 3 aromatic rings. The van der Waals surface area contributed by atoms with Gasteiger partial charge < -0.3 is 10.0 Å². The van der Waals surface area contributed by atoms with Crippen LogP contribution < -0.4 is 4.90 Å². The van der Waals surface area contributed by atoms with E-state index in [0.29, 0.717) is 12.4 Å². The van der Waals surface area contributed by atoms with E-state index in [1.54, 1.807) is 23.3 Å². The third kappa shape index (κ3) is 3.43. The summed E-state index contributed by atoms with van der Waals surface area (Å²) >= 11 is 7.57. The van der Waals surface area contributed by atoms with Gasteiger partial charge in [-0.15, -0.1) is 11.3 Å². The van der Waals surface area contributed by atoms with Gasteiger partial charge in [0.05, 0.1) is 11.8 Å². The third-order valence-corrected chi connectivity index (χ3v) is 4.67. The van der Waals surface area contributed by atoms with Crippen LogP contribution in [-0.4, -0.2) is 34.6 Å². The van der Waals surface area contributed by atoms with Crippen molar-refractivity contribution in [1.82, 2.24) is 9.97 Å². The number of anilines is 1. The average molecular weight is 348 g/mol. The molecule has 1 N–H and O–H groups in total. The number of carbonyl (C=O) groups is 1. The predicted octanol–water partition coefficient (Wildman–Crippen LogP) is 3.92. The molecule has 2 aromatic heterocycles. The van der Waals surface area contributed by atoms with E-state index in [2.05, 4.69) is 9.97 Å². The lowest BCUT2D eigenvalue weighted by atomic mass is 10.2. The minimum Gasteiger partial charge on any atom is -0.481 e. The Morgan fingerprint density at radius 3 is 2.74 bits per heavy atom. The first kappa shape index (κ1) is 15.7. The molecule has 2 heterocycles. The minimum absolute atomic E-state index is 0.0370. The number of nitrogens with zero attached hydrogens (tertiary/aromatic N) is 3. The first-order valence-corrected chi connectivity index (χ1v) is 8.19. The number of carboxylic acid groups (broad SMARTS) is 1. The molecule has 0 unspecified atom stereocenters. The molecule has 3 rings (SSSR count). The summed E-state index contributed by atoms with van der Waals surface area (Å²) in [5.41, 5.74) is 1.10. The number of hydrogen-bond acceptors (Lipinski definition) is 5. The molecule has 0 bridgehead atoms. The maximum Gasteiger partial charge on any atom is 0.305 e. The van der Waals surface area contributed by atoms with Crippen LogP contribution in [0.5, 0.6) is 0 Å². The van der Waals surface area contributed by atoms with Gasteiger partial charge in [-0.05, 0) is 23.2 Å². The summed E-state index contributed by atoms with van der Waals surface area (Å²) in [6.45, 7) is 0.355. The number of aromatic nitrogens is 2. The zero-order valence-corrected chi connectivity index (χ0v) is 13.9. The van der Waals surface area contributed by atoms with Crippen LogP contribution in [0.2, 0.25) is 5.28 Å². The summed E-state index contributed by atoms with van der Waals surface area (Å²) in [7, 11) is 1.81. The topological polar surface area (TPSA) is 66.3 Å². The van der Waals surface area contributed by atoms with Crippen LogP contribution in [-0.2, 0) is 4.79 Å². The van der Waals surface area contributed by atoms with E-state index in [4.69, 9.17) is 16.7 Å². The van der Waals surface area contributed by atoms with Gasteiger partial charge in [-0.2, -0.15) is 4.98 Å². The summed E-state index contributed by atoms with van der Waals surface area (Å²) in [5.74, 6) is -0.191. The van der Waals surface area contributed by atoms with Crippen LogP contribution in [0.4, 0.5) is 5.82 Å². The summed E-state index contributed by atoms with van der Waals surface area (Å²) in [4.78, 5) is 23.0. The van der Waals surface area contributed by atoms with Crippen LogP contribution in [0.1, 0.15) is 6.42 Å². The zero-order chi connectivity index (χ0) is 16.4. The molecule has 0 amide bonds. The largest absolute Gasteiger partial charge is 0.481 e. The third-order valence-electron chi connectivity index (χ3n) is 3.43. The monoisotopic (exact) mass is 347 g/mol. The molecule has 7 heteroatoms. The molecule has 0 saturated carbocycles. The molecular weight excluding hydrogens is 334 g/mol. The van der Waals surface area contributed by atoms with Gasteiger partial charge in [0.1, 0.15) is 10.6 Å². The lowest BCUT2D eigenvalue weighted by molar-refractivity contribution is -0.136. The second kappa shape index (κ2) is 6.52. The fourth-order valence-corrected chi connectivity index (χ4v) is 3.53. The van der Waals surface area contributed by atoms with E-state index in [1.165, 1.54) is 0 Å². The van der Waals surface area contributed by atoms with Crippen LogP contribution >= 0.6 is 22.9 Å². The quantitative estimate of drug-likeness (QED) is 0.708. The SMILES string of the molecule is CN(CCC(=O)O)c1nc(Cl)nc2sc(-c3ccccc3)cc12. The van der Waals surface area contributed by atoms with E-state index in [0.717, 1.165) is 20.7 Å². The number of rotatable bonds is 5. The molecule has 5 nitrogen and oxygen atoms in total. The minimum atomic E-state index is -0.844. The van der Waals surface area contributed by atoms with Gasteiger partial charge in [0.15, 0.2) is 0 Å². The Labute approximate surface area is 142 Å². The lowest BCUT2D eigenvalue weighted by Crippen LogP contribution is -2.22. The van der Waals surface area contributed by atoms with E-state index < -0.39 is 5.97 Å². The van der Waals surface area contributed by atoms with Gasteiger partial charge in [-0.3, -0.25) is 4.79 Å². The average Bonchev–Trinajstić information content (AvgIpc) is 2.96. The highest BCUT2D eigenvalue weighted by molar-refractivity contribution is 7.22. The normalized spacial score (nSPS) is 10.9. The zero-order valence-electron chi connectivity index (χ0n) is 12.4. The number of fused-ring (bicyclic) bond motifs is 1. The molecule has 0 fully saturated rings. The Balaban J connectivity index is 2.04. The number of benzene rings is 1. The van der Waals surface area contributed by atoms with Gasteiger partial charge in [0.25, 0.3) is 0 Å². The summed E-state index contributed by atoms with van der Waals surface area (Å²) in [5, 5.41) is 9.89. The van der Waals surface area contributed by atoms with Crippen LogP contribution in [0.25, 0.3) is 20.7 Å². The molecule has 0 atom stereocenters. The van der Waals surface area contributed by atoms with Gasteiger partial charge >= 0.3 is 5.97 Å². The number of carboxylic acids is 1. The summed E-state index contributed by atoms with van der Waals surface area (Å²) in [6, 6.07) is 12.0. The highest BCUT2D eigenvalue weighted by Crippen LogP contribution is 2.36. The van der Waals surface area contributed by atoms with Crippen molar-refractivity contribution in [3.63, 3.8) is 0 Å². The van der Waals surface area contributed by atoms with Crippen LogP contribution in [0, 0.1) is 0 Å². The van der Waals surface area contributed by atoms with E-state index >= 15 is 0 Å². The Hall–Kier alpha value is -2.18. The van der Waals surface area contributed by atoms with Gasteiger partial charge in [-0.1, -0.05) is 30.3 Å². The van der Waals surface area contributed by atoms with Crippen molar-refractivity contribution in [2.45, 2.75) is 6.42 Å². The number of aliphatic carboxylic acids is 1. The molecule has 0 saturated heterocycles. The molecule has 1 aromatic carbocycles. The van der Waals surface area contributed by atoms with Crippen molar-refractivity contribution in [3.05, 3.63) is 41.7 Å². The first-order valence-electron chi connectivity index (χ1n) is 7.00. The van der Waals surface area contributed by atoms with Crippen LogP contribution in [0.3, 0.4) is 0 Å². The molecule has 0 aliphatic carbocycles. The molecule has 0 aliphatic heterocycles. The first-order chi connectivity index (χ1) is 11.0. The van der Waals surface area contributed by atoms with Crippen molar-refractivity contribution in [1.29, 1.82) is 0 Å². The molecule has 0 spiro atoms. The predicted molar refractivity (Wildman–Crippen MR) is 93.4 cm³/mol. The molecule has 23 heavy (non-hydrogen) atoms. The van der Waals surface area contributed by atoms with E-state index in [9.17, 15) is 4.79 Å². The Morgan fingerprint density at radius 1 is 1.30 bits per heavy atom. The Bertz CT molecular complexity index is 851. The standard InChI is InChI=1S/C16H14ClN3O2S/c1-20(8-7-13(21)22)14-11-9-12(10-5-3-2-4-6-10)23-15(11)19-16(17)18-14/h2-6,9H,7-8H2,1H3,(H,21,22). The molecule has 0 aliphatic rings. The van der Waals surface area contributed by atoms with E-state index in [1.807, 2.05) is 36.4 Å². The number of halogens is 1. The van der Waals surface area contributed by atoms with Gasteiger partial charge in [-0.25, -0.2) is 4.98 Å². The van der Waals surface area contributed by atoms with Crippen LogP contribution in [0.15, 0.2) is 36.4 Å². The molecule has 0 radical (unpaired) electrons. The van der Waals surface area contributed by atoms with Crippen molar-refractivity contribution in [2.75, 3.05) is 18.5 Å². The summed E-state index contributed by atoms with van der Waals surface area (Å²) < 4.78 is 0. The van der Waals surface area contributed by atoms with Crippen molar-refractivity contribution in [3.8, 4) is 10.4 Å². The number of hydrogen-bond donors (Lipinski definition) is 1. The Morgan fingerprint density at radius 2 is 2.04 bits per heavy atom. The highest BCUT2D eigenvalue weighted by Gasteiger charge is 2.15. The number of thiophene rings is 1. The molecule has 118 valence electrons. The molecular formula is C16H14ClN3O2S. The van der Waals surface area contributed by atoms with Crippen molar-refractivity contribution in [2.24, 2.45) is 0 Å². The fourth-order valence-electron chi connectivity index (χ4n) is 2.29. The maximum atomic E-state index is 10.8.